The van der Waals surface area contributed by atoms with Gasteiger partial charge in [0.1, 0.15) is 6.04 Å². The first kappa shape index (κ1) is 16.9. The number of hydrogen-bond acceptors (Lipinski definition) is 4. The lowest BCUT2D eigenvalue weighted by Gasteiger charge is -2.11. The normalized spacial score (nSPS) is 13.1. The van der Waals surface area contributed by atoms with Crippen LogP contribution in [0.2, 0.25) is 0 Å². The summed E-state index contributed by atoms with van der Waals surface area (Å²) in [6.45, 7) is 0. The van der Waals surface area contributed by atoms with Crippen molar-refractivity contribution in [2.45, 2.75) is 18.9 Å². The van der Waals surface area contributed by atoms with Crippen LogP contribution >= 0.6 is 0 Å². The van der Waals surface area contributed by atoms with Crippen LogP contribution in [-0.2, 0) is 19.6 Å². The fraction of sp³-hybridized carbons (Fsp3) is 0.231. The fourth-order valence-corrected chi connectivity index (χ4v) is 2.52. The van der Waals surface area contributed by atoms with Crippen molar-refractivity contribution >= 4 is 28.0 Å². The molecule has 0 unspecified atom stereocenters. The maximum atomic E-state index is 11.8. The van der Waals surface area contributed by atoms with Crippen molar-refractivity contribution in [2.24, 2.45) is 5.73 Å². The monoisotopic (exact) mass is 312 g/mol. The second-order valence-electron chi connectivity index (χ2n) is 4.27. The van der Waals surface area contributed by atoms with Gasteiger partial charge < -0.3 is 10.8 Å². The third-order valence-corrected chi connectivity index (χ3v) is 3.63. The average molecular weight is 312 g/mol. The van der Waals surface area contributed by atoms with Crippen LogP contribution in [0, 0.1) is 0 Å². The van der Waals surface area contributed by atoms with E-state index in [4.69, 9.17) is 10.8 Å². The summed E-state index contributed by atoms with van der Waals surface area (Å²) in [5, 5.41) is 9.81. The first-order chi connectivity index (χ1) is 9.80. The molecule has 0 bridgehead atoms. The van der Waals surface area contributed by atoms with Crippen molar-refractivity contribution in [2.75, 3.05) is 0 Å². The van der Waals surface area contributed by atoms with Crippen LogP contribution in [0.25, 0.3) is 6.08 Å². The molecule has 0 saturated heterocycles. The Morgan fingerprint density at radius 3 is 2.43 bits per heavy atom. The number of nitrogens with one attached hydrogen (secondary N) is 1. The summed E-state index contributed by atoms with van der Waals surface area (Å²) >= 11 is 0. The van der Waals surface area contributed by atoms with E-state index in [1.807, 2.05) is 4.72 Å². The first-order valence-electron chi connectivity index (χ1n) is 6.07. The molecule has 1 rings (SSSR count). The second kappa shape index (κ2) is 7.55. The number of carboxylic acid groups (broad SMARTS) is 1. The van der Waals surface area contributed by atoms with Crippen LogP contribution in [0.5, 0.6) is 0 Å². The summed E-state index contributed by atoms with van der Waals surface area (Å²) in [6.07, 6.45) is 0.917. The van der Waals surface area contributed by atoms with Crippen LogP contribution in [0.15, 0.2) is 35.7 Å². The third-order valence-electron chi connectivity index (χ3n) is 2.52. The number of primary amides is 1. The quantitative estimate of drug-likeness (QED) is 0.636. The highest BCUT2D eigenvalue weighted by Gasteiger charge is 2.22. The highest BCUT2D eigenvalue weighted by atomic mass is 32.2. The lowest BCUT2D eigenvalue weighted by atomic mass is 10.2. The fourth-order valence-electron chi connectivity index (χ4n) is 1.49. The third kappa shape index (κ3) is 6.68. The highest BCUT2D eigenvalue weighted by molar-refractivity contribution is 7.92. The molecule has 8 heteroatoms. The summed E-state index contributed by atoms with van der Waals surface area (Å²) in [5.41, 5.74) is 5.58. The topological polar surface area (TPSA) is 127 Å². The molecule has 114 valence electrons. The summed E-state index contributed by atoms with van der Waals surface area (Å²) in [7, 11) is -3.94. The predicted molar refractivity (Wildman–Crippen MR) is 77.4 cm³/mol. The molecule has 1 aromatic rings. The minimum absolute atomic E-state index is 0.205. The molecule has 0 fully saturated rings. The number of hydrogen-bond donors (Lipinski definition) is 3. The Balaban J connectivity index is 2.74. The number of sulfonamides is 1. The van der Waals surface area contributed by atoms with Crippen LogP contribution in [0.4, 0.5) is 0 Å². The van der Waals surface area contributed by atoms with Crippen LogP contribution in [0.3, 0.4) is 0 Å². The van der Waals surface area contributed by atoms with E-state index in [-0.39, 0.29) is 12.8 Å². The lowest BCUT2D eigenvalue weighted by molar-refractivity contribution is -0.139. The molecule has 4 N–H and O–H groups in total. The van der Waals surface area contributed by atoms with Crippen LogP contribution in [-0.4, -0.2) is 31.4 Å². The molecule has 0 aliphatic heterocycles. The van der Waals surface area contributed by atoms with E-state index in [1.165, 1.54) is 6.08 Å². The molecular weight excluding hydrogens is 296 g/mol. The molecule has 1 aromatic carbocycles. The Bertz CT molecular complexity index is 625. The largest absolute Gasteiger partial charge is 0.480 e. The molecule has 21 heavy (non-hydrogen) atoms. The Morgan fingerprint density at radius 2 is 1.90 bits per heavy atom. The van der Waals surface area contributed by atoms with E-state index in [9.17, 15) is 18.0 Å². The van der Waals surface area contributed by atoms with Gasteiger partial charge in [0.2, 0.25) is 15.9 Å². The Hall–Kier alpha value is -2.19. The number of rotatable bonds is 8. The van der Waals surface area contributed by atoms with E-state index in [2.05, 4.69) is 0 Å². The Morgan fingerprint density at radius 1 is 1.29 bits per heavy atom. The van der Waals surface area contributed by atoms with Gasteiger partial charge >= 0.3 is 5.97 Å². The number of carbonyl (C=O) groups is 2. The van der Waals surface area contributed by atoms with E-state index in [1.54, 1.807) is 30.3 Å². The Kier molecular flexibility index (Phi) is 6.07. The minimum atomic E-state index is -3.94. The molecular formula is C13H16N2O5S. The molecule has 1 amide bonds. The highest BCUT2D eigenvalue weighted by Crippen LogP contribution is 2.05. The second-order valence-corrected chi connectivity index (χ2v) is 5.87. The standard InChI is InChI=1S/C13H16N2O5S/c14-12(16)7-6-11(13(17)18)15-21(19,20)9-8-10-4-2-1-3-5-10/h1-5,8-9,11,15H,6-7H2,(H2,14,16)(H,17,18)/b9-8+/t11-/m0/s1. The van der Waals surface area contributed by atoms with Crippen molar-refractivity contribution in [3.8, 4) is 0 Å². The molecule has 0 radical (unpaired) electrons. The van der Waals surface area contributed by atoms with E-state index < -0.39 is 27.9 Å². The Labute approximate surface area is 122 Å². The van der Waals surface area contributed by atoms with E-state index in [0.29, 0.717) is 5.56 Å². The van der Waals surface area contributed by atoms with Crippen molar-refractivity contribution < 1.29 is 23.1 Å². The van der Waals surface area contributed by atoms with Gasteiger partial charge in [0, 0.05) is 11.8 Å². The number of aliphatic carboxylic acids is 1. The number of benzene rings is 1. The van der Waals surface area contributed by atoms with Crippen molar-refractivity contribution in [1.29, 1.82) is 0 Å². The van der Waals surface area contributed by atoms with E-state index >= 15 is 0 Å². The smallest absolute Gasteiger partial charge is 0.321 e. The predicted octanol–water partition coefficient (Wildman–Crippen LogP) is 0.295. The van der Waals surface area contributed by atoms with Crippen LogP contribution < -0.4 is 10.5 Å². The molecule has 7 nitrogen and oxygen atoms in total. The molecule has 0 heterocycles. The lowest BCUT2D eigenvalue weighted by Crippen LogP contribution is -2.40. The van der Waals surface area contributed by atoms with Crippen molar-refractivity contribution in [3.05, 3.63) is 41.3 Å². The number of carboxylic acids is 1. The SMILES string of the molecule is NC(=O)CC[C@H](NS(=O)(=O)/C=C/c1ccccc1)C(=O)O. The van der Waals surface area contributed by atoms with E-state index in [0.717, 1.165) is 5.41 Å². The summed E-state index contributed by atoms with van der Waals surface area (Å²) in [4.78, 5) is 21.6. The average Bonchev–Trinajstić information content (AvgIpc) is 2.42. The zero-order valence-corrected chi connectivity index (χ0v) is 11.9. The molecule has 1 atom stereocenters. The minimum Gasteiger partial charge on any atom is -0.480 e. The maximum absolute atomic E-state index is 11.8. The van der Waals surface area contributed by atoms with Gasteiger partial charge in [-0.15, -0.1) is 0 Å². The number of nitrogens with two attached hydrogens (primary N) is 1. The summed E-state index contributed by atoms with van der Waals surface area (Å²) in [6, 6.07) is 7.28. The van der Waals surface area contributed by atoms with Crippen LogP contribution in [0.1, 0.15) is 18.4 Å². The first-order valence-corrected chi connectivity index (χ1v) is 7.61. The van der Waals surface area contributed by atoms with Crippen molar-refractivity contribution in [3.63, 3.8) is 0 Å². The van der Waals surface area contributed by atoms with Gasteiger partial charge in [0.15, 0.2) is 0 Å². The van der Waals surface area contributed by atoms with Gasteiger partial charge in [-0.25, -0.2) is 8.42 Å². The maximum Gasteiger partial charge on any atom is 0.321 e. The molecule has 0 aliphatic carbocycles. The van der Waals surface area contributed by atoms with Gasteiger partial charge in [0.25, 0.3) is 0 Å². The van der Waals surface area contributed by atoms with Gasteiger partial charge in [-0.2, -0.15) is 4.72 Å². The number of carbonyl (C=O) groups excluding carboxylic acids is 1. The molecule has 0 aromatic heterocycles. The van der Waals surface area contributed by atoms with Gasteiger partial charge in [-0.05, 0) is 18.1 Å². The van der Waals surface area contributed by atoms with Gasteiger partial charge in [-0.3, -0.25) is 9.59 Å². The van der Waals surface area contributed by atoms with Gasteiger partial charge in [0.05, 0.1) is 0 Å². The molecule has 0 aliphatic rings. The summed E-state index contributed by atoms with van der Waals surface area (Å²) < 4.78 is 25.6. The van der Waals surface area contributed by atoms with Gasteiger partial charge in [-0.1, -0.05) is 30.3 Å². The zero-order chi connectivity index (χ0) is 15.9. The molecule has 0 saturated carbocycles. The summed E-state index contributed by atoms with van der Waals surface area (Å²) in [5.74, 6) is -2.06. The zero-order valence-electron chi connectivity index (χ0n) is 11.1. The molecule has 0 spiro atoms. The van der Waals surface area contributed by atoms with Crippen molar-refractivity contribution in [1.82, 2.24) is 4.72 Å². The number of amides is 1.